The monoisotopic (exact) mass is 253 g/mol. The van der Waals surface area contributed by atoms with Gasteiger partial charge in [-0.25, -0.2) is 0 Å². The maximum absolute atomic E-state index is 11.2. The Morgan fingerprint density at radius 3 is 3.00 bits per heavy atom. The highest BCUT2D eigenvalue weighted by atomic mass is 16.1. The molecule has 0 radical (unpaired) electrons. The Bertz CT molecular complexity index is 264. The molecule has 2 aliphatic rings. The smallest absolute Gasteiger partial charge is 0.219 e. The Kier molecular flexibility index (Phi) is 5.45. The third kappa shape index (κ3) is 3.69. The zero-order valence-electron chi connectivity index (χ0n) is 11.6. The van der Waals surface area contributed by atoms with Crippen LogP contribution in [0.15, 0.2) is 0 Å². The van der Waals surface area contributed by atoms with Gasteiger partial charge in [-0.05, 0) is 64.2 Å². The number of hydrogen-bond donors (Lipinski definition) is 2. The molecule has 2 N–H and O–H groups in total. The fourth-order valence-electron chi connectivity index (χ4n) is 3.44. The number of nitrogens with one attached hydrogen (secondary N) is 2. The fraction of sp³-hybridized carbons (Fsp3) is 0.929. The Labute approximate surface area is 110 Å². The van der Waals surface area contributed by atoms with Crippen molar-refractivity contribution in [2.75, 3.05) is 33.2 Å². The first kappa shape index (κ1) is 13.8. The van der Waals surface area contributed by atoms with E-state index >= 15 is 0 Å². The topological polar surface area (TPSA) is 44.4 Å². The molecule has 2 atom stereocenters. The number of rotatable bonds is 5. The minimum Gasteiger partial charge on any atom is -0.359 e. The molecule has 2 aliphatic heterocycles. The highest BCUT2D eigenvalue weighted by Crippen LogP contribution is 2.28. The molecule has 18 heavy (non-hydrogen) atoms. The molecule has 0 spiro atoms. The van der Waals surface area contributed by atoms with Gasteiger partial charge in [0.2, 0.25) is 5.91 Å². The fourth-order valence-corrected chi connectivity index (χ4v) is 3.44. The molecule has 0 aliphatic carbocycles. The molecular formula is C14H27N3O. The quantitative estimate of drug-likeness (QED) is 0.767. The van der Waals surface area contributed by atoms with Crippen molar-refractivity contribution in [3.63, 3.8) is 0 Å². The average Bonchev–Trinajstić information content (AvgIpc) is 2.88. The summed E-state index contributed by atoms with van der Waals surface area (Å²) in [5, 5.41) is 6.22. The van der Waals surface area contributed by atoms with Crippen LogP contribution < -0.4 is 10.6 Å². The van der Waals surface area contributed by atoms with Crippen LogP contribution in [0.2, 0.25) is 0 Å². The van der Waals surface area contributed by atoms with Gasteiger partial charge in [0.1, 0.15) is 0 Å². The molecule has 4 nitrogen and oxygen atoms in total. The van der Waals surface area contributed by atoms with Crippen molar-refractivity contribution in [2.45, 2.75) is 44.6 Å². The molecule has 0 saturated carbocycles. The predicted octanol–water partition coefficient (Wildman–Crippen LogP) is 0.977. The summed E-state index contributed by atoms with van der Waals surface area (Å²) in [7, 11) is 1.72. The maximum atomic E-state index is 11.2. The number of carbonyl (C=O) groups excluding carboxylic acids is 1. The zero-order chi connectivity index (χ0) is 12.8. The molecule has 0 aromatic rings. The van der Waals surface area contributed by atoms with Crippen LogP contribution in [0.5, 0.6) is 0 Å². The second-order valence-electron chi connectivity index (χ2n) is 5.63. The van der Waals surface area contributed by atoms with Gasteiger partial charge in [-0.3, -0.25) is 4.79 Å². The molecule has 2 heterocycles. The molecule has 1 amide bonds. The summed E-state index contributed by atoms with van der Waals surface area (Å²) in [6.07, 6.45) is 7.06. The van der Waals surface area contributed by atoms with Crippen LogP contribution in [-0.4, -0.2) is 50.1 Å². The predicted molar refractivity (Wildman–Crippen MR) is 73.5 cm³/mol. The summed E-state index contributed by atoms with van der Waals surface area (Å²) in [6, 6.07) is 0.766. The van der Waals surface area contributed by atoms with Crippen molar-refractivity contribution in [1.29, 1.82) is 0 Å². The van der Waals surface area contributed by atoms with E-state index < -0.39 is 0 Å². The molecule has 0 bridgehead atoms. The summed E-state index contributed by atoms with van der Waals surface area (Å²) >= 11 is 0. The van der Waals surface area contributed by atoms with Gasteiger partial charge < -0.3 is 15.5 Å². The Morgan fingerprint density at radius 1 is 1.39 bits per heavy atom. The van der Waals surface area contributed by atoms with E-state index in [1.165, 1.54) is 45.3 Å². The SMILES string of the molecule is CNC(=O)CCCN1CCCC1C1CCCNC1. The van der Waals surface area contributed by atoms with E-state index in [0.717, 1.165) is 24.9 Å². The lowest BCUT2D eigenvalue weighted by atomic mass is 9.90. The summed E-state index contributed by atoms with van der Waals surface area (Å²) in [5.41, 5.74) is 0. The van der Waals surface area contributed by atoms with Crippen LogP contribution in [0.1, 0.15) is 38.5 Å². The third-order valence-corrected chi connectivity index (χ3v) is 4.42. The Hall–Kier alpha value is -0.610. The first-order valence-electron chi connectivity index (χ1n) is 7.46. The number of carbonyl (C=O) groups is 1. The number of piperidine rings is 1. The van der Waals surface area contributed by atoms with Gasteiger partial charge >= 0.3 is 0 Å². The normalized spacial score (nSPS) is 29.4. The Balaban J connectivity index is 1.74. The lowest BCUT2D eigenvalue weighted by Gasteiger charge is -2.34. The zero-order valence-corrected chi connectivity index (χ0v) is 11.6. The standard InChI is InChI=1S/C14H27N3O/c1-15-14(18)7-4-10-17-9-3-6-13(17)12-5-2-8-16-11-12/h12-13,16H,2-11H2,1H3,(H,15,18). The minimum absolute atomic E-state index is 0.171. The lowest BCUT2D eigenvalue weighted by Crippen LogP contribution is -2.43. The van der Waals surface area contributed by atoms with Crippen molar-refractivity contribution < 1.29 is 4.79 Å². The van der Waals surface area contributed by atoms with Crippen LogP contribution in [0.3, 0.4) is 0 Å². The van der Waals surface area contributed by atoms with E-state index in [1.54, 1.807) is 7.05 Å². The molecular weight excluding hydrogens is 226 g/mol. The second kappa shape index (κ2) is 7.10. The van der Waals surface area contributed by atoms with E-state index in [-0.39, 0.29) is 5.91 Å². The number of hydrogen-bond acceptors (Lipinski definition) is 3. The van der Waals surface area contributed by atoms with Crippen molar-refractivity contribution in [2.24, 2.45) is 5.92 Å². The first-order chi connectivity index (χ1) is 8.81. The largest absolute Gasteiger partial charge is 0.359 e. The number of likely N-dealkylation sites (tertiary alicyclic amines) is 1. The highest BCUT2D eigenvalue weighted by molar-refractivity contribution is 5.75. The molecule has 2 saturated heterocycles. The van der Waals surface area contributed by atoms with Crippen LogP contribution in [-0.2, 0) is 4.79 Å². The van der Waals surface area contributed by atoms with Gasteiger partial charge in [0, 0.05) is 19.5 Å². The maximum Gasteiger partial charge on any atom is 0.219 e. The summed E-state index contributed by atoms with van der Waals surface area (Å²) in [4.78, 5) is 13.9. The molecule has 0 aromatic carbocycles. The van der Waals surface area contributed by atoms with Gasteiger partial charge in [0.05, 0.1) is 0 Å². The van der Waals surface area contributed by atoms with Gasteiger partial charge in [-0.2, -0.15) is 0 Å². The summed E-state index contributed by atoms with van der Waals surface area (Å²) in [6.45, 7) is 4.71. The second-order valence-corrected chi connectivity index (χ2v) is 5.63. The van der Waals surface area contributed by atoms with E-state index in [4.69, 9.17) is 0 Å². The third-order valence-electron chi connectivity index (χ3n) is 4.42. The van der Waals surface area contributed by atoms with Crippen LogP contribution >= 0.6 is 0 Å². The lowest BCUT2D eigenvalue weighted by molar-refractivity contribution is -0.120. The van der Waals surface area contributed by atoms with Crippen LogP contribution in [0.25, 0.3) is 0 Å². The van der Waals surface area contributed by atoms with E-state index in [9.17, 15) is 4.79 Å². The van der Waals surface area contributed by atoms with Gasteiger partial charge in [0.25, 0.3) is 0 Å². The number of amides is 1. The van der Waals surface area contributed by atoms with Crippen molar-refractivity contribution in [1.82, 2.24) is 15.5 Å². The van der Waals surface area contributed by atoms with E-state index in [1.807, 2.05) is 0 Å². The minimum atomic E-state index is 0.171. The van der Waals surface area contributed by atoms with Crippen LogP contribution in [0, 0.1) is 5.92 Å². The van der Waals surface area contributed by atoms with Crippen LogP contribution in [0.4, 0.5) is 0 Å². The number of nitrogens with zero attached hydrogens (tertiary/aromatic N) is 1. The van der Waals surface area contributed by atoms with Gasteiger partial charge in [-0.1, -0.05) is 0 Å². The summed E-state index contributed by atoms with van der Waals surface area (Å²) in [5.74, 6) is 1.01. The molecule has 4 heteroatoms. The van der Waals surface area contributed by atoms with Crippen molar-refractivity contribution >= 4 is 5.91 Å². The first-order valence-corrected chi connectivity index (χ1v) is 7.46. The Morgan fingerprint density at radius 2 is 2.28 bits per heavy atom. The highest BCUT2D eigenvalue weighted by Gasteiger charge is 2.31. The molecule has 0 aromatic heterocycles. The average molecular weight is 253 g/mol. The molecule has 104 valence electrons. The van der Waals surface area contributed by atoms with Crippen molar-refractivity contribution in [3.8, 4) is 0 Å². The van der Waals surface area contributed by atoms with Gasteiger partial charge in [-0.15, -0.1) is 0 Å². The van der Waals surface area contributed by atoms with Gasteiger partial charge in [0.15, 0.2) is 0 Å². The molecule has 2 rings (SSSR count). The van der Waals surface area contributed by atoms with Crippen molar-refractivity contribution in [3.05, 3.63) is 0 Å². The molecule has 2 unspecified atom stereocenters. The van der Waals surface area contributed by atoms with E-state index in [0.29, 0.717) is 6.42 Å². The summed E-state index contributed by atoms with van der Waals surface area (Å²) < 4.78 is 0. The van der Waals surface area contributed by atoms with E-state index in [2.05, 4.69) is 15.5 Å². The molecule has 2 fully saturated rings.